The van der Waals surface area contributed by atoms with Crippen molar-refractivity contribution < 1.29 is 14.1 Å². The Kier molecular flexibility index (Phi) is 4.07. The Morgan fingerprint density at radius 2 is 2.05 bits per heavy atom. The molecule has 2 amide bonds. The normalized spacial score (nSPS) is 10.4. The summed E-state index contributed by atoms with van der Waals surface area (Å²) in [7, 11) is 0. The highest BCUT2D eigenvalue weighted by Gasteiger charge is 2.05. The first-order valence-corrected chi connectivity index (χ1v) is 5.53. The van der Waals surface area contributed by atoms with Crippen LogP contribution in [0.2, 0.25) is 0 Å². The van der Waals surface area contributed by atoms with Crippen LogP contribution in [0.1, 0.15) is 5.76 Å². The van der Waals surface area contributed by atoms with Crippen molar-refractivity contribution in [1.29, 1.82) is 0 Å². The highest BCUT2D eigenvalue weighted by molar-refractivity contribution is 5.90. The van der Waals surface area contributed by atoms with E-state index in [-0.39, 0.29) is 5.69 Å². The van der Waals surface area contributed by atoms with Gasteiger partial charge in [0.15, 0.2) is 0 Å². The Morgan fingerprint density at radius 3 is 2.65 bits per heavy atom. The molecule has 0 radical (unpaired) electrons. The molecule has 0 aliphatic carbocycles. The maximum absolute atomic E-state index is 11.5. The highest BCUT2D eigenvalue weighted by Crippen LogP contribution is 2.15. The van der Waals surface area contributed by atoms with Gasteiger partial charge in [0, 0.05) is 17.8 Å². The van der Waals surface area contributed by atoms with E-state index in [1.807, 2.05) is 0 Å². The first-order chi connectivity index (χ1) is 9.65. The quantitative estimate of drug-likeness (QED) is 0.506. The van der Waals surface area contributed by atoms with Gasteiger partial charge in [0.2, 0.25) is 0 Å². The fourth-order valence-electron chi connectivity index (χ4n) is 1.34. The molecule has 0 fully saturated rings. The van der Waals surface area contributed by atoms with Gasteiger partial charge in [-0.25, -0.2) is 10.2 Å². The number of rotatable bonds is 4. The van der Waals surface area contributed by atoms with Crippen LogP contribution in [-0.4, -0.2) is 17.2 Å². The minimum Gasteiger partial charge on any atom is -0.463 e. The van der Waals surface area contributed by atoms with Crippen LogP contribution in [0, 0.1) is 10.1 Å². The standard InChI is InChI=1S/C12H10N4O4/c17-12(15-13-8-11-2-1-7-20-11)14-9-3-5-10(6-4-9)16(18)19/h1-8H,(H2,14,15,17)/b13-8+. The van der Waals surface area contributed by atoms with Gasteiger partial charge < -0.3 is 9.73 Å². The van der Waals surface area contributed by atoms with E-state index in [1.165, 1.54) is 36.7 Å². The van der Waals surface area contributed by atoms with E-state index in [0.29, 0.717) is 11.4 Å². The lowest BCUT2D eigenvalue weighted by atomic mass is 10.3. The van der Waals surface area contributed by atoms with E-state index in [4.69, 9.17) is 4.42 Å². The lowest BCUT2D eigenvalue weighted by Crippen LogP contribution is -2.24. The molecule has 1 aromatic heterocycles. The first-order valence-electron chi connectivity index (χ1n) is 5.53. The number of hydrogen-bond donors (Lipinski definition) is 2. The maximum Gasteiger partial charge on any atom is 0.339 e. The molecule has 2 N–H and O–H groups in total. The second-order valence-electron chi connectivity index (χ2n) is 3.64. The molecule has 0 aliphatic heterocycles. The number of anilines is 1. The molecule has 8 heteroatoms. The zero-order valence-electron chi connectivity index (χ0n) is 10.1. The van der Waals surface area contributed by atoms with Crippen molar-refractivity contribution in [1.82, 2.24) is 5.43 Å². The van der Waals surface area contributed by atoms with Crippen LogP contribution in [0.5, 0.6) is 0 Å². The lowest BCUT2D eigenvalue weighted by molar-refractivity contribution is -0.384. The number of carbonyl (C=O) groups excluding carboxylic acids is 1. The van der Waals surface area contributed by atoms with Crippen LogP contribution >= 0.6 is 0 Å². The van der Waals surface area contributed by atoms with Gasteiger partial charge in [0.25, 0.3) is 5.69 Å². The van der Waals surface area contributed by atoms with Gasteiger partial charge in [-0.2, -0.15) is 5.10 Å². The number of nitrogens with one attached hydrogen (secondary N) is 2. The van der Waals surface area contributed by atoms with E-state index < -0.39 is 11.0 Å². The van der Waals surface area contributed by atoms with Crippen molar-refractivity contribution in [3.63, 3.8) is 0 Å². The topological polar surface area (TPSA) is 110 Å². The van der Waals surface area contributed by atoms with Gasteiger partial charge in [-0.3, -0.25) is 10.1 Å². The van der Waals surface area contributed by atoms with E-state index in [2.05, 4.69) is 15.8 Å². The SMILES string of the molecule is O=C(N/N=C/c1ccco1)Nc1ccc([N+](=O)[O-])cc1. The van der Waals surface area contributed by atoms with Crippen LogP contribution in [0.25, 0.3) is 0 Å². The fraction of sp³-hybridized carbons (Fsp3) is 0. The van der Waals surface area contributed by atoms with Crippen LogP contribution in [0.4, 0.5) is 16.2 Å². The molecule has 0 aliphatic rings. The van der Waals surface area contributed by atoms with Crippen molar-refractivity contribution in [2.45, 2.75) is 0 Å². The summed E-state index contributed by atoms with van der Waals surface area (Å²) >= 11 is 0. The largest absolute Gasteiger partial charge is 0.463 e. The third kappa shape index (κ3) is 3.67. The van der Waals surface area contributed by atoms with E-state index in [0.717, 1.165) is 0 Å². The Balaban J connectivity index is 1.86. The number of nitro benzene ring substituents is 1. The number of urea groups is 1. The van der Waals surface area contributed by atoms with E-state index in [9.17, 15) is 14.9 Å². The molecule has 1 heterocycles. The number of hydrogen-bond acceptors (Lipinski definition) is 5. The molecule has 0 unspecified atom stereocenters. The second-order valence-corrected chi connectivity index (χ2v) is 3.64. The van der Waals surface area contributed by atoms with Crippen molar-refractivity contribution in [3.8, 4) is 0 Å². The predicted octanol–water partition coefficient (Wildman–Crippen LogP) is 2.34. The molecule has 0 saturated heterocycles. The predicted molar refractivity (Wildman–Crippen MR) is 71.6 cm³/mol. The Hall–Kier alpha value is -3.16. The molecule has 8 nitrogen and oxygen atoms in total. The summed E-state index contributed by atoms with van der Waals surface area (Å²) in [5.41, 5.74) is 2.60. The van der Waals surface area contributed by atoms with Crippen LogP contribution < -0.4 is 10.7 Å². The summed E-state index contributed by atoms with van der Waals surface area (Å²) in [6, 6.07) is 8.24. The van der Waals surface area contributed by atoms with Gasteiger partial charge in [0.05, 0.1) is 17.4 Å². The molecule has 1 aromatic carbocycles. The monoisotopic (exact) mass is 274 g/mol. The zero-order valence-corrected chi connectivity index (χ0v) is 10.1. The third-order valence-electron chi connectivity index (χ3n) is 2.24. The van der Waals surface area contributed by atoms with Gasteiger partial charge in [-0.05, 0) is 24.3 Å². The molecule has 2 rings (SSSR count). The van der Waals surface area contributed by atoms with E-state index in [1.54, 1.807) is 12.1 Å². The molecule has 0 spiro atoms. The molecular weight excluding hydrogens is 264 g/mol. The fourth-order valence-corrected chi connectivity index (χ4v) is 1.34. The minimum atomic E-state index is -0.568. The summed E-state index contributed by atoms with van der Waals surface area (Å²) in [6.45, 7) is 0. The third-order valence-corrected chi connectivity index (χ3v) is 2.24. The van der Waals surface area contributed by atoms with Gasteiger partial charge in [0.1, 0.15) is 5.76 Å². The Morgan fingerprint density at radius 1 is 1.30 bits per heavy atom. The summed E-state index contributed by atoms with van der Waals surface area (Å²) in [5, 5.41) is 16.6. The zero-order chi connectivity index (χ0) is 14.4. The number of non-ortho nitro benzene ring substituents is 1. The van der Waals surface area contributed by atoms with Crippen molar-refractivity contribution in [3.05, 3.63) is 58.5 Å². The number of carbonyl (C=O) groups is 1. The van der Waals surface area contributed by atoms with Crippen molar-refractivity contribution in [2.75, 3.05) is 5.32 Å². The highest BCUT2D eigenvalue weighted by atomic mass is 16.6. The smallest absolute Gasteiger partial charge is 0.339 e. The number of benzene rings is 1. The number of nitro groups is 1. The lowest BCUT2D eigenvalue weighted by Gasteiger charge is -2.03. The van der Waals surface area contributed by atoms with Crippen molar-refractivity contribution in [2.24, 2.45) is 5.10 Å². The van der Waals surface area contributed by atoms with E-state index >= 15 is 0 Å². The summed E-state index contributed by atoms with van der Waals surface area (Å²) in [4.78, 5) is 21.4. The van der Waals surface area contributed by atoms with Gasteiger partial charge in [-0.1, -0.05) is 0 Å². The Labute approximate surface area is 113 Å². The minimum absolute atomic E-state index is 0.0493. The number of hydrazone groups is 1. The van der Waals surface area contributed by atoms with Crippen LogP contribution in [-0.2, 0) is 0 Å². The average molecular weight is 274 g/mol. The summed E-state index contributed by atoms with van der Waals surface area (Å²) in [5.74, 6) is 0.501. The number of nitrogens with zero attached hydrogens (tertiary/aromatic N) is 2. The first kappa shape index (κ1) is 13.3. The number of furan rings is 1. The average Bonchev–Trinajstić information content (AvgIpc) is 2.92. The van der Waals surface area contributed by atoms with Crippen LogP contribution in [0.3, 0.4) is 0 Å². The second kappa shape index (κ2) is 6.14. The summed E-state index contributed by atoms with van der Waals surface area (Å²) < 4.78 is 4.98. The molecule has 0 bridgehead atoms. The van der Waals surface area contributed by atoms with Gasteiger partial charge in [-0.15, -0.1) is 0 Å². The molecular formula is C12H10N4O4. The molecule has 2 aromatic rings. The maximum atomic E-state index is 11.5. The number of amides is 2. The molecule has 102 valence electrons. The molecule has 0 atom stereocenters. The van der Waals surface area contributed by atoms with Crippen molar-refractivity contribution >= 4 is 23.6 Å². The van der Waals surface area contributed by atoms with Gasteiger partial charge >= 0.3 is 6.03 Å². The molecule has 0 saturated carbocycles. The van der Waals surface area contributed by atoms with Crippen LogP contribution in [0.15, 0.2) is 52.2 Å². The summed E-state index contributed by atoms with van der Waals surface area (Å²) in [6.07, 6.45) is 2.83. The molecule has 20 heavy (non-hydrogen) atoms. The Bertz CT molecular complexity index is 619.